The Bertz CT molecular complexity index is 700. The van der Waals surface area contributed by atoms with E-state index in [9.17, 15) is 9.59 Å². The summed E-state index contributed by atoms with van der Waals surface area (Å²) in [6, 6.07) is 7.45. The van der Waals surface area contributed by atoms with Gasteiger partial charge in [-0.2, -0.15) is 0 Å². The van der Waals surface area contributed by atoms with Gasteiger partial charge in [0.25, 0.3) is 5.91 Å². The Kier molecular flexibility index (Phi) is 7.16. The minimum atomic E-state index is -0.522. The van der Waals surface area contributed by atoms with Crippen LogP contribution in [-0.2, 0) is 4.79 Å². The molecule has 0 unspecified atom stereocenters. The molecule has 0 saturated heterocycles. The average molecular weight is 457 g/mol. The highest BCUT2D eigenvalue weighted by molar-refractivity contribution is 14.1. The van der Waals surface area contributed by atoms with Gasteiger partial charge >= 0.3 is 0 Å². The fourth-order valence-corrected chi connectivity index (χ4v) is 3.35. The summed E-state index contributed by atoms with van der Waals surface area (Å²) in [7, 11) is 1.57. The van der Waals surface area contributed by atoms with E-state index in [0.29, 0.717) is 12.1 Å². The third-order valence-electron chi connectivity index (χ3n) is 3.54. The standard InChI is InChI=1S/C17H20IN3O2S/c1-3-4-5-13(15(22)19-2)20-16(23)14-10-24-17(21-14)11-6-8-12(18)9-7-11/h6-10,13H,3-5H2,1-2H3,(H,19,22)(H,20,23)/t13-/m0/s1. The predicted octanol–water partition coefficient (Wildman–Crippen LogP) is 3.45. The Hall–Kier alpha value is -1.48. The van der Waals surface area contributed by atoms with Crippen molar-refractivity contribution in [2.45, 2.75) is 32.2 Å². The zero-order valence-corrected chi connectivity index (χ0v) is 16.6. The number of unbranched alkanes of at least 4 members (excludes halogenated alkanes) is 1. The second kappa shape index (κ2) is 9.12. The van der Waals surface area contributed by atoms with Gasteiger partial charge < -0.3 is 10.6 Å². The molecule has 2 rings (SSSR count). The molecule has 1 aromatic heterocycles. The van der Waals surface area contributed by atoms with Gasteiger partial charge in [-0.15, -0.1) is 11.3 Å². The second-order valence-electron chi connectivity index (χ2n) is 5.33. The summed E-state index contributed by atoms with van der Waals surface area (Å²) in [4.78, 5) is 28.7. The van der Waals surface area contributed by atoms with E-state index in [4.69, 9.17) is 0 Å². The molecule has 128 valence electrons. The molecular formula is C17H20IN3O2S. The Morgan fingerprint density at radius 3 is 2.62 bits per heavy atom. The van der Waals surface area contributed by atoms with Gasteiger partial charge in [0.1, 0.15) is 16.7 Å². The normalized spacial score (nSPS) is 11.8. The molecule has 0 radical (unpaired) electrons. The number of amides is 2. The summed E-state index contributed by atoms with van der Waals surface area (Å²) < 4.78 is 1.15. The molecule has 2 amide bonds. The number of likely N-dealkylation sites (N-methyl/N-ethyl adjacent to an activating group) is 1. The molecule has 1 aromatic carbocycles. The van der Waals surface area contributed by atoms with E-state index >= 15 is 0 Å². The maximum atomic E-state index is 12.4. The molecule has 1 atom stereocenters. The van der Waals surface area contributed by atoms with Crippen molar-refractivity contribution in [3.8, 4) is 10.6 Å². The van der Waals surface area contributed by atoms with E-state index < -0.39 is 6.04 Å². The van der Waals surface area contributed by atoms with E-state index in [0.717, 1.165) is 27.0 Å². The van der Waals surface area contributed by atoms with Crippen molar-refractivity contribution >= 4 is 45.7 Å². The van der Waals surface area contributed by atoms with Crippen molar-refractivity contribution in [1.29, 1.82) is 0 Å². The van der Waals surface area contributed by atoms with Crippen LogP contribution in [-0.4, -0.2) is 29.9 Å². The van der Waals surface area contributed by atoms with Gasteiger partial charge in [0, 0.05) is 21.6 Å². The lowest BCUT2D eigenvalue weighted by Crippen LogP contribution is -2.45. The topological polar surface area (TPSA) is 71.1 Å². The first kappa shape index (κ1) is 18.9. The summed E-state index contributed by atoms with van der Waals surface area (Å²) in [6.45, 7) is 2.05. The lowest BCUT2D eigenvalue weighted by atomic mass is 10.1. The van der Waals surface area contributed by atoms with Crippen molar-refractivity contribution in [3.63, 3.8) is 0 Å². The van der Waals surface area contributed by atoms with Crippen molar-refractivity contribution in [3.05, 3.63) is 38.9 Å². The third-order valence-corrected chi connectivity index (χ3v) is 5.15. The molecule has 0 aliphatic carbocycles. The molecular weight excluding hydrogens is 437 g/mol. The maximum absolute atomic E-state index is 12.4. The summed E-state index contributed by atoms with van der Waals surface area (Å²) in [5.41, 5.74) is 1.33. The van der Waals surface area contributed by atoms with Crippen molar-refractivity contribution in [1.82, 2.24) is 15.6 Å². The molecule has 2 aromatic rings. The van der Waals surface area contributed by atoms with Gasteiger partial charge in [-0.25, -0.2) is 4.98 Å². The second-order valence-corrected chi connectivity index (χ2v) is 7.43. The quantitative estimate of drug-likeness (QED) is 0.626. The van der Waals surface area contributed by atoms with Gasteiger partial charge in [0.15, 0.2) is 0 Å². The summed E-state index contributed by atoms with van der Waals surface area (Å²) in [5.74, 6) is -0.488. The fourth-order valence-electron chi connectivity index (χ4n) is 2.19. The van der Waals surface area contributed by atoms with Crippen LogP contribution in [0.15, 0.2) is 29.6 Å². The minimum absolute atomic E-state index is 0.176. The number of rotatable bonds is 7. The Balaban J connectivity index is 2.09. The molecule has 7 heteroatoms. The number of carbonyl (C=O) groups is 2. The highest BCUT2D eigenvalue weighted by Crippen LogP contribution is 2.24. The number of nitrogens with one attached hydrogen (secondary N) is 2. The number of hydrogen-bond donors (Lipinski definition) is 2. The van der Waals surface area contributed by atoms with Crippen LogP contribution in [0.2, 0.25) is 0 Å². The van der Waals surface area contributed by atoms with Crippen LogP contribution >= 0.6 is 33.9 Å². The maximum Gasteiger partial charge on any atom is 0.271 e. The Labute approximate surface area is 159 Å². The number of nitrogens with zero attached hydrogens (tertiary/aromatic N) is 1. The largest absolute Gasteiger partial charge is 0.357 e. The van der Waals surface area contributed by atoms with Crippen LogP contribution < -0.4 is 10.6 Å². The first-order valence-corrected chi connectivity index (χ1v) is 9.75. The molecule has 0 spiro atoms. The lowest BCUT2D eigenvalue weighted by Gasteiger charge is -2.16. The highest BCUT2D eigenvalue weighted by atomic mass is 127. The first-order chi connectivity index (χ1) is 11.5. The van der Waals surface area contributed by atoms with E-state index in [1.807, 2.05) is 24.3 Å². The molecule has 24 heavy (non-hydrogen) atoms. The van der Waals surface area contributed by atoms with Gasteiger partial charge in [0.05, 0.1) is 0 Å². The van der Waals surface area contributed by atoms with Crippen LogP contribution in [0, 0.1) is 3.57 Å². The van der Waals surface area contributed by atoms with Crippen molar-refractivity contribution in [2.24, 2.45) is 0 Å². The summed E-state index contributed by atoms with van der Waals surface area (Å²) >= 11 is 3.67. The number of carbonyl (C=O) groups excluding carboxylic acids is 2. The van der Waals surface area contributed by atoms with Crippen molar-refractivity contribution < 1.29 is 9.59 Å². The molecule has 2 N–H and O–H groups in total. The lowest BCUT2D eigenvalue weighted by molar-refractivity contribution is -0.122. The van der Waals surface area contributed by atoms with Gasteiger partial charge in [-0.3, -0.25) is 9.59 Å². The van der Waals surface area contributed by atoms with Gasteiger partial charge in [-0.05, 0) is 41.1 Å². The summed E-state index contributed by atoms with van der Waals surface area (Å²) in [6.07, 6.45) is 2.47. The monoisotopic (exact) mass is 457 g/mol. The zero-order valence-electron chi connectivity index (χ0n) is 13.6. The number of halogens is 1. The zero-order chi connectivity index (χ0) is 17.5. The van der Waals surface area contributed by atoms with Crippen LogP contribution in [0.1, 0.15) is 36.7 Å². The number of thiazole rings is 1. The predicted molar refractivity (Wildman–Crippen MR) is 105 cm³/mol. The smallest absolute Gasteiger partial charge is 0.271 e. The highest BCUT2D eigenvalue weighted by Gasteiger charge is 2.21. The van der Waals surface area contributed by atoms with Gasteiger partial charge in [0.2, 0.25) is 5.91 Å². The first-order valence-electron chi connectivity index (χ1n) is 7.79. The fraction of sp³-hybridized carbons (Fsp3) is 0.353. The van der Waals surface area contributed by atoms with E-state index in [1.165, 1.54) is 11.3 Å². The number of benzene rings is 1. The Morgan fingerprint density at radius 2 is 2.00 bits per heavy atom. The van der Waals surface area contributed by atoms with Crippen LogP contribution in [0.25, 0.3) is 10.6 Å². The summed E-state index contributed by atoms with van der Waals surface area (Å²) in [5, 5.41) is 7.90. The SMILES string of the molecule is CCCC[C@H](NC(=O)c1csc(-c2ccc(I)cc2)n1)C(=O)NC. The molecule has 0 fully saturated rings. The number of aromatic nitrogens is 1. The molecule has 0 bridgehead atoms. The number of hydrogen-bond acceptors (Lipinski definition) is 4. The van der Waals surface area contributed by atoms with E-state index in [1.54, 1.807) is 12.4 Å². The van der Waals surface area contributed by atoms with Crippen molar-refractivity contribution in [2.75, 3.05) is 7.05 Å². The Morgan fingerprint density at radius 1 is 1.29 bits per heavy atom. The van der Waals surface area contributed by atoms with E-state index in [2.05, 4.69) is 45.1 Å². The third kappa shape index (κ3) is 5.01. The molecule has 0 aliphatic heterocycles. The minimum Gasteiger partial charge on any atom is -0.357 e. The van der Waals surface area contributed by atoms with Crippen LogP contribution in [0.4, 0.5) is 0 Å². The van der Waals surface area contributed by atoms with Gasteiger partial charge in [-0.1, -0.05) is 31.9 Å². The molecule has 1 heterocycles. The van der Waals surface area contributed by atoms with Crippen LogP contribution in [0.3, 0.4) is 0 Å². The molecule has 0 saturated carbocycles. The van der Waals surface area contributed by atoms with E-state index in [-0.39, 0.29) is 11.8 Å². The average Bonchev–Trinajstić information content (AvgIpc) is 3.08. The molecule has 0 aliphatic rings. The van der Waals surface area contributed by atoms with Crippen LogP contribution in [0.5, 0.6) is 0 Å². The molecule has 5 nitrogen and oxygen atoms in total.